The summed E-state index contributed by atoms with van der Waals surface area (Å²) < 4.78 is 13.3. The zero-order valence-electron chi connectivity index (χ0n) is 7.31. The van der Waals surface area contributed by atoms with Gasteiger partial charge in [0.2, 0.25) is 0 Å². The Balaban J connectivity index is 2.61. The van der Waals surface area contributed by atoms with Crippen LogP contribution in [0.15, 0.2) is 36.8 Å². The number of hydrogen-bond acceptors (Lipinski definition) is 3. The van der Waals surface area contributed by atoms with Crippen molar-refractivity contribution in [3.63, 3.8) is 0 Å². The number of nitrogens with zero attached hydrogens (tertiary/aromatic N) is 2. The van der Waals surface area contributed by atoms with Gasteiger partial charge in [0.05, 0.1) is 0 Å². The van der Waals surface area contributed by atoms with Crippen LogP contribution >= 0.6 is 0 Å². The average Bonchev–Trinajstić information content (AvgIpc) is 2.20. The molecule has 0 aliphatic rings. The Bertz CT molecular complexity index is 413. The van der Waals surface area contributed by atoms with Crippen LogP contribution in [0, 0.1) is 5.82 Å². The topological polar surface area (TPSA) is 51.8 Å². The Labute approximate surface area is 80.4 Å². The number of pyridine rings is 2. The van der Waals surface area contributed by atoms with Gasteiger partial charge in [-0.05, 0) is 18.2 Å². The van der Waals surface area contributed by atoms with Gasteiger partial charge in [-0.15, -0.1) is 0 Å². The molecule has 0 aromatic carbocycles. The Hall–Kier alpha value is -1.97. The molecular weight excluding hydrogens is 181 g/mol. The van der Waals surface area contributed by atoms with Crippen molar-refractivity contribution in [1.82, 2.24) is 9.97 Å². The zero-order valence-corrected chi connectivity index (χ0v) is 7.31. The van der Waals surface area contributed by atoms with Crippen molar-refractivity contribution in [1.29, 1.82) is 0 Å². The highest BCUT2D eigenvalue weighted by Gasteiger charge is 2.08. The van der Waals surface area contributed by atoms with Gasteiger partial charge in [-0.3, -0.25) is 9.97 Å². The van der Waals surface area contributed by atoms with Gasteiger partial charge in [-0.2, -0.15) is 0 Å². The highest BCUT2D eigenvalue weighted by atomic mass is 19.1. The SMILES string of the molecule is Nc1ccncc1-c1ncccc1F. The molecule has 2 N–H and O–H groups in total. The van der Waals surface area contributed by atoms with Crippen molar-refractivity contribution in [3.8, 4) is 11.3 Å². The molecule has 70 valence electrons. The number of rotatable bonds is 1. The molecule has 2 aromatic rings. The van der Waals surface area contributed by atoms with Crippen molar-refractivity contribution in [2.24, 2.45) is 0 Å². The van der Waals surface area contributed by atoms with Gasteiger partial charge in [0.15, 0.2) is 0 Å². The fourth-order valence-electron chi connectivity index (χ4n) is 1.19. The maximum absolute atomic E-state index is 13.3. The quantitative estimate of drug-likeness (QED) is 0.744. The summed E-state index contributed by atoms with van der Waals surface area (Å²) in [5, 5.41) is 0. The van der Waals surface area contributed by atoms with E-state index in [0.717, 1.165) is 0 Å². The number of nitrogen functional groups attached to an aromatic ring is 1. The molecule has 0 bridgehead atoms. The predicted molar refractivity (Wildman–Crippen MR) is 51.8 cm³/mol. The first-order chi connectivity index (χ1) is 6.79. The van der Waals surface area contributed by atoms with Gasteiger partial charge < -0.3 is 5.73 Å². The van der Waals surface area contributed by atoms with E-state index in [2.05, 4.69) is 9.97 Å². The summed E-state index contributed by atoms with van der Waals surface area (Å²) in [6.07, 6.45) is 4.57. The lowest BCUT2D eigenvalue weighted by atomic mass is 10.1. The molecule has 14 heavy (non-hydrogen) atoms. The lowest BCUT2D eigenvalue weighted by Crippen LogP contribution is -1.94. The van der Waals surface area contributed by atoms with E-state index in [9.17, 15) is 4.39 Å². The third-order valence-corrected chi connectivity index (χ3v) is 1.87. The molecule has 4 heteroatoms. The standard InChI is InChI=1S/C10H8FN3/c11-8-2-1-4-14-10(8)7-6-13-5-3-9(7)12/h1-6H,(H2,12,13). The number of halogens is 1. The van der Waals surface area contributed by atoms with Crippen molar-refractivity contribution < 1.29 is 4.39 Å². The molecule has 2 heterocycles. The second-order valence-corrected chi connectivity index (χ2v) is 2.80. The van der Waals surface area contributed by atoms with E-state index >= 15 is 0 Å². The first-order valence-corrected chi connectivity index (χ1v) is 4.09. The highest BCUT2D eigenvalue weighted by Crippen LogP contribution is 2.24. The predicted octanol–water partition coefficient (Wildman–Crippen LogP) is 1.86. The summed E-state index contributed by atoms with van der Waals surface area (Å²) in [7, 11) is 0. The van der Waals surface area contributed by atoms with Gasteiger partial charge in [0.1, 0.15) is 11.5 Å². The smallest absolute Gasteiger partial charge is 0.149 e. The van der Waals surface area contributed by atoms with Crippen LogP contribution in [0.1, 0.15) is 0 Å². The van der Waals surface area contributed by atoms with E-state index in [1.165, 1.54) is 24.5 Å². The molecule has 0 radical (unpaired) electrons. The van der Waals surface area contributed by atoms with Gasteiger partial charge in [-0.1, -0.05) is 0 Å². The second-order valence-electron chi connectivity index (χ2n) is 2.80. The van der Waals surface area contributed by atoms with Crippen LogP contribution in [0.3, 0.4) is 0 Å². The summed E-state index contributed by atoms with van der Waals surface area (Å²) in [6, 6.07) is 4.49. The molecule has 0 saturated carbocycles. The maximum Gasteiger partial charge on any atom is 0.149 e. The first-order valence-electron chi connectivity index (χ1n) is 4.09. The van der Waals surface area contributed by atoms with Crippen LogP contribution in [0.25, 0.3) is 11.3 Å². The molecule has 2 aromatic heterocycles. The number of aromatic nitrogens is 2. The average molecular weight is 189 g/mol. The molecule has 0 fully saturated rings. The molecular formula is C10H8FN3. The Kier molecular flexibility index (Phi) is 2.10. The maximum atomic E-state index is 13.3. The first kappa shape index (κ1) is 8.62. The molecule has 0 saturated heterocycles. The molecule has 0 amide bonds. The monoisotopic (exact) mass is 189 g/mol. The van der Waals surface area contributed by atoms with Gasteiger partial charge in [0, 0.05) is 29.8 Å². The van der Waals surface area contributed by atoms with E-state index in [-0.39, 0.29) is 5.69 Å². The van der Waals surface area contributed by atoms with E-state index in [1.54, 1.807) is 12.3 Å². The van der Waals surface area contributed by atoms with Gasteiger partial charge >= 0.3 is 0 Å². The highest BCUT2D eigenvalue weighted by molar-refractivity contribution is 5.72. The van der Waals surface area contributed by atoms with Crippen molar-refractivity contribution in [3.05, 3.63) is 42.6 Å². The third-order valence-electron chi connectivity index (χ3n) is 1.87. The fraction of sp³-hybridized carbons (Fsp3) is 0. The molecule has 0 atom stereocenters. The largest absolute Gasteiger partial charge is 0.398 e. The van der Waals surface area contributed by atoms with Crippen molar-refractivity contribution >= 4 is 5.69 Å². The van der Waals surface area contributed by atoms with Crippen LogP contribution in [0.2, 0.25) is 0 Å². The minimum atomic E-state index is -0.396. The van der Waals surface area contributed by atoms with E-state index in [1.807, 2.05) is 0 Å². The van der Waals surface area contributed by atoms with Crippen LogP contribution in [0.4, 0.5) is 10.1 Å². The molecule has 2 rings (SSSR count). The fourth-order valence-corrected chi connectivity index (χ4v) is 1.19. The summed E-state index contributed by atoms with van der Waals surface area (Å²) in [6.45, 7) is 0. The van der Waals surface area contributed by atoms with Gasteiger partial charge in [0.25, 0.3) is 0 Å². The lowest BCUT2D eigenvalue weighted by molar-refractivity contribution is 0.625. The molecule has 0 aliphatic carbocycles. The van der Waals surface area contributed by atoms with E-state index < -0.39 is 5.82 Å². The summed E-state index contributed by atoms with van der Waals surface area (Å²) in [5.41, 5.74) is 6.90. The Morgan fingerprint density at radius 1 is 1.21 bits per heavy atom. The number of nitrogens with two attached hydrogens (primary N) is 1. The second kappa shape index (κ2) is 3.41. The summed E-state index contributed by atoms with van der Waals surface area (Å²) in [4.78, 5) is 7.79. The molecule has 0 spiro atoms. The summed E-state index contributed by atoms with van der Waals surface area (Å²) in [5.74, 6) is -0.396. The van der Waals surface area contributed by atoms with Crippen LogP contribution in [-0.4, -0.2) is 9.97 Å². The Morgan fingerprint density at radius 3 is 2.79 bits per heavy atom. The minimum absolute atomic E-state index is 0.234. The lowest BCUT2D eigenvalue weighted by Gasteiger charge is -2.03. The molecule has 0 unspecified atom stereocenters. The number of hydrogen-bond donors (Lipinski definition) is 1. The summed E-state index contributed by atoms with van der Waals surface area (Å²) >= 11 is 0. The third kappa shape index (κ3) is 1.42. The molecule has 3 nitrogen and oxygen atoms in total. The van der Waals surface area contributed by atoms with E-state index in [0.29, 0.717) is 11.3 Å². The van der Waals surface area contributed by atoms with Crippen molar-refractivity contribution in [2.75, 3.05) is 5.73 Å². The Morgan fingerprint density at radius 2 is 2.07 bits per heavy atom. The molecule has 0 aliphatic heterocycles. The van der Waals surface area contributed by atoms with Crippen molar-refractivity contribution in [2.45, 2.75) is 0 Å². The minimum Gasteiger partial charge on any atom is -0.398 e. The van der Waals surface area contributed by atoms with Crippen LogP contribution < -0.4 is 5.73 Å². The normalized spacial score (nSPS) is 10.1. The van der Waals surface area contributed by atoms with Crippen LogP contribution in [-0.2, 0) is 0 Å². The van der Waals surface area contributed by atoms with Gasteiger partial charge in [-0.25, -0.2) is 4.39 Å². The number of anilines is 1. The zero-order chi connectivity index (χ0) is 9.97. The van der Waals surface area contributed by atoms with Crippen LogP contribution in [0.5, 0.6) is 0 Å². The van der Waals surface area contributed by atoms with E-state index in [4.69, 9.17) is 5.73 Å².